The number of allylic oxidation sites excluding steroid dienone is 28. The van der Waals surface area contributed by atoms with Crippen molar-refractivity contribution in [2.45, 2.75) is 322 Å². The van der Waals surface area contributed by atoms with Crippen LogP contribution in [0.1, 0.15) is 309 Å². The van der Waals surface area contributed by atoms with E-state index in [1.165, 1.54) is 141 Å². The van der Waals surface area contributed by atoms with Crippen molar-refractivity contribution in [1.82, 2.24) is 0 Å². The Balaban J connectivity index is 4.10. The SMILES string of the molecule is CC/C=C\C/C=C\C/C=C\C/C=C\C/C=C\C/C=C\C/C=C\C/C=C\C/C=C\CCCCCCCCCCCC(=O)OC(COC(=O)CCCCCCCCCCCCCCCCCCCCC/C=C\C/C=C\C/C=C\C/C=C\C/C=C\CC)COC(OCC[N+](C)(C)C)C(=O)O. The molecule has 0 fully saturated rings. The predicted molar refractivity (Wildman–Crippen MR) is 419 cm³/mol. The molecule has 0 spiro atoms. The van der Waals surface area contributed by atoms with Crippen LogP contribution in [0.4, 0.5) is 0 Å². The summed E-state index contributed by atoms with van der Waals surface area (Å²) in [6, 6.07) is 0. The average molecular weight is 1350 g/mol. The van der Waals surface area contributed by atoms with Gasteiger partial charge in [0.25, 0.3) is 6.29 Å². The van der Waals surface area contributed by atoms with Crippen LogP contribution < -0.4 is 0 Å². The van der Waals surface area contributed by atoms with Gasteiger partial charge in [0.15, 0.2) is 6.10 Å². The highest BCUT2D eigenvalue weighted by atomic mass is 16.7. The second kappa shape index (κ2) is 76.4. The molecule has 0 aliphatic rings. The minimum Gasteiger partial charge on any atom is -0.477 e. The van der Waals surface area contributed by atoms with Crippen molar-refractivity contribution < 1.29 is 42.9 Å². The van der Waals surface area contributed by atoms with Gasteiger partial charge in [-0.2, -0.15) is 0 Å². The van der Waals surface area contributed by atoms with Gasteiger partial charge in [-0.05, 0) is 128 Å². The maximum absolute atomic E-state index is 13.0. The molecule has 9 nitrogen and oxygen atoms in total. The van der Waals surface area contributed by atoms with Crippen LogP contribution in [0.5, 0.6) is 0 Å². The topological polar surface area (TPSA) is 108 Å². The highest BCUT2D eigenvalue weighted by Crippen LogP contribution is 2.17. The van der Waals surface area contributed by atoms with E-state index in [1.807, 2.05) is 21.1 Å². The molecule has 550 valence electrons. The lowest BCUT2D eigenvalue weighted by atomic mass is 10.0. The summed E-state index contributed by atoms with van der Waals surface area (Å²) in [6.07, 6.45) is 112. The highest BCUT2D eigenvalue weighted by Gasteiger charge is 2.25. The number of likely N-dealkylation sites (N-methyl/N-ethyl adjacent to an activating group) is 1. The first kappa shape index (κ1) is 91.6. The monoisotopic (exact) mass is 1350 g/mol. The van der Waals surface area contributed by atoms with Crippen LogP contribution in [0.15, 0.2) is 170 Å². The Labute approximate surface area is 597 Å². The van der Waals surface area contributed by atoms with E-state index in [4.69, 9.17) is 18.9 Å². The number of hydrogen-bond donors (Lipinski definition) is 1. The summed E-state index contributed by atoms with van der Waals surface area (Å²) in [6.45, 7) is 4.65. The van der Waals surface area contributed by atoms with E-state index >= 15 is 0 Å². The third kappa shape index (κ3) is 77.9. The number of carbonyl (C=O) groups excluding carboxylic acids is 2. The van der Waals surface area contributed by atoms with Gasteiger partial charge < -0.3 is 28.5 Å². The van der Waals surface area contributed by atoms with E-state index in [0.717, 1.165) is 135 Å². The van der Waals surface area contributed by atoms with Crippen molar-refractivity contribution in [2.75, 3.05) is 47.5 Å². The first-order chi connectivity index (χ1) is 47.6. The summed E-state index contributed by atoms with van der Waals surface area (Å²) in [5, 5.41) is 9.77. The maximum atomic E-state index is 13.0. The number of nitrogens with zero attached hydrogens (tertiary/aromatic N) is 1. The number of carboxylic acid groups (broad SMARTS) is 1. The van der Waals surface area contributed by atoms with E-state index in [9.17, 15) is 19.5 Å². The van der Waals surface area contributed by atoms with Crippen molar-refractivity contribution in [1.29, 1.82) is 0 Å². The highest BCUT2D eigenvalue weighted by molar-refractivity contribution is 5.71. The van der Waals surface area contributed by atoms with Crippen LogP contribution >= 0.6 is 0 Å². The van der Waals surface area contributed by atoms with Crippen molar-refractivity contribution >= 4 is 17.9 Å². The minimum atomic E-state index is -1.52. The van der Waals surface area contributed by atoms with E-state index in [-0.39, 0.29) is 32.2 Å². The molecule has 0 aromatic carbocycles. The molecule has 0 aliphatic heterocycles. The molecule has 0 saturated carbocycles. The van der Waals surface area contributed by atoms with Crippen LogP contribution in [0.2, 0.25) is 0 Å². The van der Waals surface area contributed by atoms with Crippen LogP contribution in [0.3, 0.4) is 0 Å². The zero-order chi connectivity index (χ0) is 70.4. The zero-order valence-corrected chi connectivity index (χ0v) is 62.9. The normalized spacial score (nSPS) is 13.6. The minimum absolute atomic E-state index is 0.180. The first-order valence-corrected chi connectivity index (χ1v) is 39.3. The fourth-order valence-electron chi connectivity index (χ4n) is 10.6. The van der Waals surface area contributed by atoms with Gasteiger partial charge in [0, 0.05) is 12.8 Å². The summed E-state index contributed by atoms with van der Waals surface area (Å²) in [4.78, 5) is 37.7. The zero-order valence-electron chi connectivity index (χ0n) is 62.9. The molecule has 2 atom stereocenters. The average Bonchev–Trinajstić information content (AvgIpc) is 3.11. The van der Waals surface area contributed by atoms with Gasteiger partial charge in [0.05, 0.1) is 34.4 Å². The molecule has 0 amide bonds. The van der Waals surface area contributed by atoms with Gasteiger partial charge in [-0.3, -0.25) is 9.59 Å². The number of rotatable bonds is 71. The molecule has 0 rings (SSSR count). The first-order valence-electron chi connectivity index (χ1n) is 39.3. The Morgan fingerprint density at radius 3 is 0.825 bits per heavy atom. The lowest BCUT2D eigenvalue weighted by molar-refractivity contribution is -0.870. The fourth-order valence-corrected chi connectivity index (χ4v) is 10.6. The van der Waals surface area contributed by atoms with E-state index in [1.54, 1.807) is 0 Å². The third-order valence-electron chi connectivity index (χ3n) is 16.5. The molecule has 0 radical (unpaired) electrons. The Morgan fingerprint density at radius 1 is 0.309 bits per heavy atom. The largest absolute Gasteiger partial charge is 0.477 e. The molecule has 0 saturated heterocycles. The number of quaternary nitrogens is 1. The van der Waals surface area contributed by atoms with Gasteiger partial charge in [-0.25, -0.2) is 4.79 Å². The number of carbonyl (C=O) groups is 3. The van der Waals surface area contributed by atoms with Crippen LogP contribution in [0, 0.1) is 0 Å². The number of aliphatic carboxylic acids is 1. The predicted octanol–water partition coefficient (Wildman–Crippen LogP) is 25.4. The van der Waals surface area contributed by atoms with Crippen molar-refractivity contribution in [2.24, 2.45) is 0 Å². The van der Waals surface area contributed by atoms with E-state index in [2.05, 4.69) is 184 Å². The standard InChI is InChI=1S/C88H145NO8/c1-6-8-10-12-14-16-18-20-22-24-26-28-30-32-34-36-38-40-42-43-45-47-49-51-53-55-57-59-61-63-65-67-69-71-73-75-77-79-86(91)97-84(83-96-88(87(92)93)94-81-80-89(3,4)5)82-95-85(90)78-76-74-72-70-68-66-64-62-60-58-56-54-52-50-48-46-44-41-39-37-35-33-31-29-27-25-23-21-19-17-15-13-11-9-7-2/h8-11,14-17,20-23,26-29,32-35,38,40,43,45,49,51,55,57,84,88H,6-7,12-13,18-19,24-25,30-31,36-37,39,41-42,44,46-48,50,52-54,56,58-83H2,1-5H3/p+1/b10-8-,11-9-,16-14-,17-15-,22-20-,23-21-,28-26-,29-27-,34-32-,35-33-,40-38-,45-43-,51-49-,57-55-. The lowest BCUT2D eigenvalue weighted by Gasteiger charge is -2.25. The van der Waals surface area contributed by atoms with Crippen molar-refractivity contribution in [3.63, 3.8) is 0 Å². The summed E-state index contributed by atoms with van der Waals surface area (Å²) < 4.78 is 23.0. The van der Waals surface area contributed by atoms with Gasteiger partial charge in [0.1, 0.15) is 13.2 Å². The Kier molecular flexibility index (Phi) is 72.2. The summed E-state index contributed by atoms with van der Waals surface area (Å²) in [7, 11) is 5.98. The molecule has 2 unspecified atom stereocenters. The summed E-state index contributed by atoms with van der Waals surface area (Å²) in [5.74, 6) is -2.01. The van der Waals surface area contributed by atoms with Crippen molar-refractivity contribution in [3.05, 3.63) is 170 Å². The van der Waals surface area contributed by atoms with Gasteiger partial charge in [-0.1, -0.05) is 338 Å². The molecular formula is C88H146NO8+. The van der Waals surface area contributed by atoms with Crippen LogP contribution in [-0.4, -0.2) is 87.4 Å². The molecule has 0 aliphatic carbocycles. The molecule has 1 N–H and O–H groups in total. The molecule has 0 aromatic heterocycles. The molecule has 0 heterocycles. The van der Waals surface area contributed by atoms with Crippen LogP contribution in [-0.2, 0) is 33.3 Å². The van der Waals surface area contributed by atoms with Gasteiger partial charge in [0.2, 0.25) is 0 Å². The maximum Gasteiger partial charge on any atom is 0.361 e. The number of unbranched alkanes of at least 4 members (excludes halogenated alkanes) is 28. The number of hydrogen-bond acceptors (Lipinski definition) is 7. The second-order valence-corrected chi connectivity index (χ2v) is 26.9. The number of esters is 2. The summed E-state index contributed by atoms with van der Waals surface area (Å²) >= 11 is 0. The quantitative estimate of drug-likeness (QED) is 0.0211. The Morgan fingerprint density at radius 2 is 0.557 bits per heavy atom. The van der Waals surface area contributed by atoms with Gasteiger partial charge in [-0.15, -0.1) is 0 Å². The van der Waals surface area contributed by atoms with E-state index in [0.29, 0.717) is 23.9 Å². The Hall–Kier alpha value is -5.35. The molecule has 9 heteroatoms. The number of carboxylic acids is 1. The second-order valence-electron chi connectivity index (χ2n) is 26.9. The Bertz CT molecular complexity index is 2210. The molecule has 0 bridgehead atoms. The van der Waals surface area contributed by atoms with E-state index < -0.39 is 24.3 Å². The third-order valence-corrected chi connectivity index (χ3v) is 16.5. The number of ether oxygens (including phenoxy) is 4. The van der Waals surface area contributed by atoms with Crippen LogP contribution in [0.25, 0.3) is 0 Å². The lowest BCUT2D eigenvalue weighted by Crippen LogP contribution is -2.40. The smallest absolute Gasteiger partial charge is 0.361 e. The van der Waals surface area contributed by atoms with Crippen molar-refractivity contribution in [3.8, 4) is 0 Å². The summed E-state index contributed by atoms with van der Waals surface area (Å²) in [5.41, 5.74) is 0. The molecular weight excluding hydrogens is 1200 g/mol. The fraction of sp³-hybridized carbons (Fsp3) is 0.648. The molecule has 97 heavy (non-hydrogen) atoms. The van der Waals surface area contributed by atoms with Gasteiger partial charge >= 0.3 is 17.9 Å². The molecule has 0 aromatic rings.